The lowest BCUT2D eigenvalue weighted by molar-refractivity contribution is -0.133. The first-order chi connectivity index (χ1) is 15.6. The van der Waals surface area contributed by atoms with E-state index in [-0.39, 0.29) is 24.8 Å². The van der Waals surface area contributed by atoms with Gasteiger partial charge in [-0.15, -0.1) is 0 Å². The first kappa shape index (κ1) is 21.7. The lowest BCUT2D eigenvalue weighted by atomic mass is 10.0. The summed E-state index contributed by atoms with van der Waals surface area (Å²) in [7, 11) is 0. The third-order valence-electron chi connectivity index (χ3n) is 5.17. The molecule has 6 heteroatoms. The average Bonchev–Trinajstić information content (AvgIpc) is 2.84. The van der Waals surface area contributed by atoms with Crippen molar-refractivity contribution in [2.24, 2.45) is 0 Å². The second-order valence-corrected chi connectivity index (χ2v) is 7.46. The van der Waals surface area contributed by atoms with Crippen molar-refractivity contribution in [3.05, 3.63) is 102 Å². The van der Waals surface area contributed by atoms with Crippen LogP contribution in [0.25, 0.3) is 11.6 Å². The largest absolute Gasteiger partial charge is 0.488 e. The fourth-order valence-electron chi connectivity index (χ4n) is 3.55. The van der Waals surface area contributed by atoms with E-state index in [0.717, 1.165) is 29.3 Å². The second-order valence-electron chi connectivity index (χ2n) is 7.46. The van der Waals surface area contributed by atoms with E-state index >= 15 is 0 Å². The highest BCUT2D eigenvalue weighted by atomic mass is 19.1. The van der Waals surface area contributed by atoms with Crippen LogP contribution in [-0.2, 0) is 9.53 Å². The van der Waals surface area contributed by atoms with Gasteiger partial charge in [0.1, 0.15) is 18.5 Å². The summed E-state index contributed by atoms with van der Waals surface area (Å²) in [5.41, 5.74) is 2.33. The van der Waals surface area contributed by atoms with Crippen molar-refractivity contribution in [3.63, 3.8) is 0 Å². The van der Waals surface area contributed by atoms with Crippen molar-refractivity contribution in [1.82, 2.24) is 4.90 Å². The molecule has 1 aliphatic heterocycles. The van der Waals surface area contributed by atoms with Crippen LogP contribution in [0.1, 0.15) is 11.1 Å². The predicted molar refractivity (Wildman–Crippen MR) is 119 cm³/mol. The van der Waals surface area contributed by atoms with E-state index in [0.29, 0.717) is 18.7 Å². The molecule has 3 aromatic carbocycles. The highest BCUT2D eigenvalue weighted by Crippen LogP contribution is 2.23. The molecule has 1 unspecified atom stereocenters. The maximum Gasteiger partial charge on any atom is 0.254 e. The van der Waals surface area contributed by atoms with Crippen LogP contribution in [-0.4, -0.2) is 43.2 Å². The van der Waals surface area contributed by atoms with E-state index in [1.165, 1.54) is 0 Å². The number of rotatable bonds is 6. The quantitative estimate of drug-likeness (QED) is 0.412. The molecule has 3 aromatic rings. The average molecular weight is 435 g/mol. The third kappa shape index (κ3) is 5.39. The Labute approximate surface area is 185 Å². The van der Waals surface area contributed by atoms with Crippen LogP contribution in [0.4, 0.5) is 8.78 Å². The molecule has 1 atom stereocenters. The van der Waals surface area contributed by atoms with Crippen LogP contribution in [0.5, 0.6) is 5.75 Å². The van der Waals surface area contributed by atoms with Gasteiger partial charge in [-0.05, 0) is 29.3 Å². The van der Waals surface area contributed by atoms with Crippen LogP contribution in [0.3, 0.4) is 0 Å². The number of nitrogens with zero attached hydrogens (tertiary/aromatic N) is 1. The molecule has 1 heterocycles. The van der Waals surface area contributed by atoms with Gasteiger partial charge in [-0.1, -0.05) is 60.7 Å². The maximum atomic E-state index is 13.8. The summed E-state index contributed by atoms with van der Waals surface area (Å²) in [4.78, 5) is 15.2. The number of morpholine rings is 1. The Morgan fingerprint density at radius 2 is 1.75 bits per heavy atom. The summed E-state index contributed by atoms with van der Waals surface area (Å²) < 4.78 is 38.3. The third-order valence-corrected chi connectivity index (χ3v) is 5.17. The standard InChI is InChI=1S/C26H23F2NO3/c27-21-11-12-24(28)25(16-21)32-18-22-17-29(13-14-31-22)26(30)23(20-9-5-2-6-10-20)15-19-7-3-1-4-8-19/h1-12,15-16,22H,13-14,17-18H2/b23-15+. The highest BCUT2D eigenvalue weighted by Gasteiger charge is 2.27. The molecule has 164 valence electrons. The van der Waals surface area contributed by atoms with E-state index in [9.17, 15) is 13.6 Å². The van der Waals surface area contributed by atoms with Crippen LogP contribution >= 0.6 is 0 Å². The highest BCUT2D eigenvalue weighted by molar-refractivity contribution is 6.24. The van der Waals surface area contributed by atoms with E-state index in [4.69, 9.17) is 9.47 Å². The Morgan fingerprint density at radius 3 is 2.50 bits per heavy atom. The molecule has 1 saturated heterocycles. The molecule has 0 aliphatic carbocycles. The number of carbonyl (C=O) groups is 1. The van der Waals surface area contributed by atoms with E-state index in [1.54, 1.807) is 4.90 Å². The first-order valence-electron chi connectivity index (χ1n) is 10.4. The lowest BCUT2D eigenvalue weighted by Gasteiger charge is -2.33. The number of carbonyl (C=O) groups excluding carboxylic acids is 1. The van der Waals surface area contributed by atoms with Crippen molar-refractivity contribution >= 4 is 17.6 Å². The molecule has 1 fully saturated rings. The molecule has 32 heavy (non-hydrogen) atoms. The summed E-state index contributed by atoms with van der Waals surface area (Å²) in [5.74, 6) is -1.52. The smallest absolute Gasteiger partial charge is 0.254 e. The Balaban J connectivity index is 1.50. The molecule has 1 amide bonds. The topological polar surface area (TPSA) is 38.8 Å². The zero-order valence-electron chi connectivity index (χ0n) is 17.4. The Kier molecular flexibility index (Phi) is 6.92. The van der Waals surface area contributed by atoms with E-state index in [2.05, 4.69) is 0 Å². The number of benzene rings is 3. The van der Waals surface area contributed by atoms with Crippen molar-refractivity contribution in [2.75, 3.05) is 26.3 Å². The molecule has 0 aromatic heterocycles. The molecule has 0 spiro atoms. The molecule has 0 radical (unpaired) electrons. The first-order valence-corrected chi connectivity index (χ1v) is 10.4. The Bertz CT molecular complexity index is 1090. The molecule has 1 aliphatic rings. The molecular weight excluding hydrogens is 412 g/mol. The van der Waals surface area contributed by atoms with Gasteiger partial charge in [0.25, 0.3) is 5.91 Å². The summed E-state index contributed by atoms with van der Waals surface area (Å²) in [5, 5.41) is 0. The van der Waals surface area contributed by atoms with Crippen LogP contribution in [0, 0.1) is 11.6 Å². The molecule has 4 nitrogen and oxygen atoms in total. The maximum absolute atomic E-state index is 13.8. The normalized spacial score (nSPS) is 16.6. The van der Waals surface area contributed by atoms with Gasteiger partial charge in [0.05, 0.1) is 13.2 Å². The van der Waals surface area contributed by atoms with Gasteiger partial charge in [-0.25, -0.2) is 8.78 Å². The minimum atomic E-state index is -0.646. The molecule has 4 rings (SSSR count). The van der Waals surface area contributed by atoms with Crippen molar-refractivity contribution in [3.8, 4) is 5.75 Å². The van der Waals surface area contributed by atoms with Gasteiger partial charge in [-0.3, -0.25) is 4.79 Å². The van der Waals surface area contributed by atoms with Crippen molar-refractivity contribution in [2.45, 2.75) is 6.10 Å². The zero-order chi connectivity index (χ0) is 22.3. The summed E-state index contributed by atoms with van der Waals surface area (Å²) in [6, 6.07) is 22.2. The fraction of sp³-hybridized carbons (Fsp3) is 0.192. The second kappa shape index (κ2) is 10.2. The van der Waals surface area contributed by atoms with Gasteiger partial charge in [0, 0.05) is 18.2 Å². The minimum absolute atomic E-state index is 0.00717. The van der Waals surface area contributed by atoms with Crippen LogP contribution in [0.15, 0.2) is 78.9 Å². The zero-order valence-corrected chi connectivity index (χ0v) is 17.4. The number of hydrogen-bond acceptors (Lipinski definition) is 3. The van der Waals surface area contributed by atoms with Crippen molar-refractivity contribution < 1.29 is 23.0 Å². The SMILES string of the molecule is O=C(/C(=C/c1ccccc1)c1ccccc1)N1CCOC(COc2cc(F)ccc2F)C1. The van der Waals surface area contributed by atoms with Gasteiger partial charge >= 0.3 is 0 Å². The van der Waals surface area contributed by atoms with E-state index in [1.807, 2.05) is 66.7 Å². The van der Waals surface area contributed by atoms with Crippen molar-refractivity contribution in [1.29, 1.82) is 0 Å². The summed E-state index contributed by atoms with van der Waals surface area (Å²) in [6.45, 7) is 1.06. The predicted octanol–water partition coefficient (Wildman–Crippen LogP) is 4.81. The lowest BCUT2D eigenvalue weighted by Crippen LogP contribution is -2.47. The Morgan fingerprint density at radius 1 is 1.03 bits per heavy atom. The molecule has 0 N–H and O–H groups in total. The van der Waals surface area contributed by atoms with Crippen LogP contribution < -0.4 is 4.74 Å². The number of ether oxygens (including phenoxy) is 2. The van der Waals surface area contributed by atoms with Gasteiger partial charge in [0.2, 0.25) is 0 Å². The molecular formula is C26H23F2NO3. The monoisotopic (exact) mass is 435 g/mol. The number of hydrogen-bond donors (Lipinski definition) is 0. The molecule has 0 bridgehead atoms. The minimum Gasteiger partial charge on any atom is -0.488 e. The van der Waals surface area contributed by atoms with Gasteiger partial charge in [-0.2, -0.15) is 0 Å². The van der Waals surface area contributed by atoms with Gasteiger partial charge in [0.15, 0.2) is 11.6 Å². The molecule has 0 saturated carbocycles. The fourth-order valence-corrected chi connectivity index (χ4v) is 3.55. The van der Waals surface area contributed by atoms with E-state index < -0.39 is 17.7 Å². The number of amides is 1. The summed E-state index contributed by atoms with van der Waals surface area (Å²) >= 11 is 0. The van der Waals surface area contributed by atoms with Gasteiger partial charge < -0.3 is 14.4 Å². The summed E-state index contributed by atoms with van der Waals surface area (Å²) in [6.07, 6.45) is 1.42. The van der Waals surface area contributed by atoms with Crippen LogP contribution in [0.2, 0.25) is 0 Å². The number of halogens is 2. The Hall–Kier alpha value is -3.51.